The van der Waals surface area contributed by atoms with Crippen molar-refractivity contribution in [2.75, 3.05) is 31.5 Å². The van der Waals surface area contributed by atoms with E-state index in [9.17, 15) is 14.7 Å². The molecule has 2 N–H and O–H groups in total. The Balaban J connectivity index is 1.55. The van der Waals surface area contributed by atoms with Gasteiger partial charge in [-0.05, 0) is 74.9 Å². The molecule has 0 aliphatic carbocycles. The van der Waals surface area contributed by atoms with E-state index in [1.54, 1.807) is 18.3 Å². The molecule has 4 heterocycles. The van der Waals surface area contributed by atoms with Crippen molar-refractivity contribution in [3.05, 3.63) is 65.5 Å². The van der Waals surface area contributed by atoms with E-state index in [4.69, 9.17) is 4.98 Å². The Morgan fingerprint density at radius 2 is 2.00 bits per heavy atom. The summed E-state index contributed by atoms with van der Waals surface area (Å²) >= 11 is 0. The number of hydrogen-bond donors (Lipinski definition) is 2. The van der Waals surface area contributed by atoms with Gasteiger partial charge in [-0.25, -0.2) is 4.98 Å². The lowest BCUT2D eigenvalue weighted by Crippen LogP contribution is -2.34. The van der Waals surface area contributed by atoms with E-state index in [2.05, 4.69) is 45.4 Å². The van der Waals surface area contributed by atoms with Crippen molar-refractivity contribution in [2.24, 2.45) is 0 Å². The van der Waals surface area contributed by atoms with E-state index < -0.39 is 0 Å². The number of imidazole rings is 1. The van der Waals surface area contributed by atoms with Crippen molar-refractivity contribution in [3.63, 3.8) is 0 Å². The number of likely N-dealkylation sites (tertiary alicyclic amines) is 2. The fraction of sp³-hybridized carbons (Fsp3) is 0.448. The summed E-state index contributed by atoms with van der Waals surface area (Å²) in [5.41, 5.74) is 5.25. The summed E-state index contributed by atoms with van der Waals surface area (Å²) in [6.45, 7) is 11.1. The van der Waals surface area contributed by atoms with Crippen LogP contribution in [0, 0.1) is 13.8 Å². The molecule has 0 bridgehead atoms. The topological polar surface area (TPSA) is 104 Å². The highest BCUT2D eigenvalue weighted by Crippen LogP contribution is 2.33. The summed E-state index contributed by atoms with van der Waals surface area (Å²) in [6.07, 6.45) is 6.29. The average molecular weight is 517 g/mol. The molecule has 2 saturated heterocycles. The molecule has 200 valence electrons. The van der Waals surface area contributed by atoms with Crippen LogP contribution in [0.3, 0.4) is 0 Å². The average Bonchev–Trinajstić information content (AvgIpc) is 3.36. The van der Waals surface area contributed by atoms with E-state index in [0.717, 1.165) is 66.6 Å². The zero-order chi connectivity index (χ0) is 26.8. The van der Waals surface area contributed by atoms with Crippen LogP contribution in [0.15, 0.2) is 43.1 Å². The number of β-amino-alcohol motifs (C(OH)–C–C–N with tert-alkyl or cyclic N) is 1. The summed E-state index contributed by atoms with van der Waals surface area (Å²) < 4.78 is 2.12. The van der Waals surface area contributed by atoms with Gasteiger partial charge < -0.3 is 14.6 Å². The summed E-state index contributed by atoms with van der Waals surface area (Å²) in [4.78, 5) is 39.1. The molecule has 2 fully saturated rings. The molecule has 9 heteroatoms. The van der Waals surface area contributed by atoms with Gasteiger partial charge in [0, 0.05) is 50.2 Å². The first-order valence-electron chi connectivity index (χ1n) is 13.4. The predicted octanol–water partition coefficient (Wildman–Crippen LogP) is 3.61. The second-order valence-electron chi connectivity index (χ2n) is 10.5. The first-order chi connectivity index (χ1) is 18.3. The molecule has 0 spiro atoms. The maximum Gasteiger partial charge on any atom is 0.258 e. The third-order valence-corrected chi connectivity index (χ3v) is 7.57. The van der Waals surface area contributed by atoms with Gasteiger partial charge in [0.05, 0.1) is 23.2 Å². The number of anilines is 1. The number of carbonyl (C=O) groups excluding carboxylic acids is 2. The van der Waals surface area contributed by atoms with Crippen LogP contribution in [0.2, 0.25) is 0 Å². The first kappa shape index (κ1) is 26.1. The molecular formula is C29H36N6O3. The minimum absolute atomic E-state index is 0.0424. The fourth-order valence-electron chi connectivity index (χ4n) is 5.78. The van der Waals surface area contributed by atoms with E-state index in [1.807, 2.05) is 11.8 Å². The van der Waals surface area contributed by atoms with Gasteiger partial charge in [0.1, 0.15) is 0 Å². The van der Waals surface area contributed by atoms with E-state index in [1.165, 1.54) is 6.08 Å². The van der Waals surface area contributed by atoms with Crippen LogP contribution >= 0.6 is 0 Å². The smallest absolute Gasteiger partial charge is 0.258 e. The fourth-order valence-corrected chi connectivity index (χ4v) is 5.78. The van der Waals surface area contributed by atoms with Gasteiger partial charge in [-0.1, -0.05) is 12.6 Å². The van der Waals surface area contributed by atoms with Crippen molar-refractivity contribution >= 4 is 28.8 Å². The number of aliphatic hydroxyl groups is 1. The maximum absolute atomic E-state index is 13.3. The zero-order valence-corrected chi connectivity index (χ0v) is 22.2. The normalized spacial score (nSPS) is 20.4. The monoisotopic (exact) mass is 516 g/mol. The molecule has 9 nitrogen and oxygen atoms in total. The predicted molar refractivity (Wildman–Crippen MR) is 147 cm³/mol. The van der Waals surface area contributed by atoms with Gasteiger partial charge in [0.25, 0.3) is 5.91 Å². The molecule has 3 aromatic rings. The molecule has 0 saturated carbocycles. The van der Waals surface area contributed by atoms with Crippen LogP contribution in [0.25, 0.3) is 11.0 Å². The van der Waals surface area contributed by atoms with Crippen molar-refractivity contribution < 1.29 is 14.7 Å². The van der Waals surface area contributed by atoms with Gasteiger partial charge >= 0.3 is 0 Å². The molecule has 2 aliphatic heterocycles. The van der Waals surface area contributed by atoms with E-state index >= 15 is 0 Å². The second kappa shape index (κ2) is 11.0. The Hall–Kier alpha value is -3.56. The van der Waals surface area contributed by atoms with Crippen molar-refractivity contribution in [2.45, 2.75) is 58.2 Å². The lowest BCUT2D eigenvalue weighted by molar-refractivity contribution is -0.126. The Morgan fingerprint density at radius 3 is 2.74 bits per heavy atom. The number of rotatable bonds is 6. The van der Waals surface area contributed by atoms with Crippen LogP contribution in [0.4, 0.5) is 5.95 Å². The lowest BCUT2D eigenvalue weighted by Gasteiger charge is -2.26. The number of benzene rings is 1. The summed E-state index contributed by atoms with van der Waals surface area (Å²) in [6, 6.07) is 7.66. The third kappa shape index (κ3) is 5.49. The number of pyridine rings is 1. The van der Waals surface area contributed by atoms with Crippen LogP contribution in [-0.4, -0.2) is 73.5 Å². The molecule has 0 unspecified atom stereocenters. The number of aliphatic hydroxyl groups excluding tert-OH is 1. The van der Waals surface area contributed by atoms with Crippen molar-refractivity contribution in [3.8, 4) is 0 Å². The quantitative estimate of drug-likeness (QED) is 0.485. The maximum atomic E-state index is 13.3. The molecule has 5 rings (SSSR count). The van der Waals surface area contributed by atoms with Crippen molar-refractivity contribution in [1.82, 2.24) is 24.3 Å². The highest BCUT2D eigenvalue weighted by atomic mass is 16.3. The lowest BCUT2D eigenvalue weighted by atomic mass is 10.1. The number of nitrogens with one attached hydrogen (secondary N) is 1. The molecule has 2 amide bonds. The summed E-state index contributed by atoms with van der Waals surface area (Å²) in [5, 5.41) is 13.0. The van der Waals surface area contributed by atoms with E-state index in [-0.39, 0.29) is 24.0 Å². The van der Waals surface area contributed by atoms with Gasteiger partial charge in [-0.15, -0.1) is 0 Å². The molecule has 1 aromatic carbocycles. The van der Waals surface area contributed by atoms with Crippen molar-refractivity contribution in [1.29, 1.82) is 0 Å². The SMILES string of the molecule is C=CC(=O)N1CCCC[C@@H](n2c(NC(=O)c3ccnc(C)c3)nc3cc(CN4CC[C@H](O)C4)cc(C)c32)C1. The molecular weight excluding hydrogens is 480 g/mol. The Labute approximate surface area is 223 Å². The third-order valence-electron chi connectivity index (χ3n) is 7.57. The Kier molecular flexibility index (Phi) is 7.58. The number of aryl methyl sites for hydroxylation is 2. The van der Waals surface area contributed by atoms with Gasteiger partial charge in [0.2, 0.25) is 11.9 Å². The van der Waals surface area contributed by atoms with Crippen LogP contribution < -0.4 is 5.32 Å². The second-order valence-corrected chi connectivity index (χ2v) is 10.5. The number of carbonyl (C=O) groups is 2. The van der Waals surface area contributed by atoms with E-state index in [0.29, 0.717) is 31.1 Å². The van der Waals surface area contributed by atoms with Gasteiger partial charge in [-0.2, -0.15) is 0 Å². The number of hydrogen-bond acceptors (Lipinski definition) is 6. The summed E-state index contributed by atoms with van der Waals surface area (Å²) in [5.74, 6) is 0.156. The number of aromatic nitrogens is 3. The number of fused-ring (bicyclic) bond motifs is 1. The molecule has 2 aliphatic rings. The van der Waals surface area contributed by atoms with Crippen LogP contribution in [0.1, 0.15) is 58.9 Å². The molecule has 0 radical (unpaired) electrons. The number of amides is 2. The number of nitrogens with zero attached hydrogens (tertiary/aromatic N) is 5. The minimum Gasteiger partial charge on any atom is -0.392 e. The van der Waals surface area contributed by atoms with Gasteiger partial charge in [-0.3, -0.25) is 24.8 Å². The zero-order valence-electron chi connectivity index (χ0n) is 22.2. The highest BCUT2D eigenvalue weighted by molar-refractivity contribution is 6.04. The summed E-state index contributed by atoms with van der Waals surface area (Å²) in [7, 11) is 0. The first-order valence-corrected chi connectivity index (χ1v) is 13.4. The molecule has 2 aromatic heterocycles. The van der Waals surface area contributed by atoms with Gasteiger partial charge in [0.15, 0.2) is 0 Å². The molecule has 2 atom stereocenters. The standard InChI is InChI=1S/C29H36N6O3/c1-4-26(37)34-11-6-5-7-23(17-34)35-27-19(2)13-21(16-33-12-9-24(36)18-33)15-25(27)31-29(35)32-28(38)22-8-10-30-20(3)14-22/h4,8,10,13-15,23-24,36H,1,5-7,9,11-12,16-18H2,2-3H3,(H,31,32,38)/t23-,24+/m1/s1. The Morgan fingerprint density at radius 1 is 1.16 bits per heavy atom. The minimum atomic E-state index is -0.269. The largest absolute Gasteiger partial charge is 0.392 e. The Bertz CT molecular complexity index is 1370. The highest BCUT2D eigenvalue weighted by Gasteiger charge is 2.28. The molecule has 38 heavy (non-hydrogen) atoms. The van der Waals surface area contributed by atoms with Crippen LogP contribution in [-0.2, 0) is 11.3 Å². The van der Waals surface area contributed by atoms with Crippen LogP contribution in [0.5, 0.6) is 0 Å².